The molecule has 1 rings (SSSR count). The molecular formula is C11H14N2OS. The second-order valence-corrected chi connectivity index (χ2v) is 4.53. The topological polar surface area (TPSA) is 70.0 Å². The standard InChI is InChI=1S/C11H14N2OS/c1-8(6-14)7-15-11-3-2-10(13)4-9(11)5-12/h2-4,8,14H,6-7,13H2,1H3. The molecule has 0 aliphatic carbocycles. The van der Waals surface area contributed by atoms with Gasteiger partial charge in [0.15, 0.2) is 0 Å². The molecule has 0 radical (unpaired) electrons. The maximum Gasteiger partial charge on any atom is 0.100 e. The van der Waals surface area contributed by atoms with Crippen LogP contribution in [0.1, 0.15) is 12.5 Å². The quantitative estimate of drug-likeness (QED) is 0.602. The predicted molar refractivity (Wildman–Crippen MR) is 62.5 cm³/mol. The monoisotopic (exact) mass is 222 g/mol. The number of aliphatic hydroxyl groups excluding tert-OH is 1. The lowest BCUT2D eigenvalue weighted by Crippen LogP contribution is -2.03. The molecule has 3 N–H and O–H groups in total. The minimum absolute atomic E-state index is 0.170. The van der Waals surface area contributed by atoms with Crippen molar-refractivity contribution in [1.29, 1.82) is 5.26 Å². The molecule has 0 aliphatic heterocycles. The van der Waals surface area contributed by atoms with Gasteiger partial charge in [0.2, 0.25) is 0 Å². The van der Waals surface area contributed by atoms with Gasteiger partial charge in [0, 0.05) is 22.9 Å². The molecule has 80 valence electrons. The van der Waals surface area contributed by atoms with E-state index in [1.165, 1.54) is 0 Å². The highest BCUT2D eigenvalue weighted by molar-refractivity contribution is 7.99. The molecule has 0 bridgehead atoms. The zero-order chi connectivity index (χ0) is 11.3. The van der Waals surface area contributed by atoms with Crippen LogP contribution in [0.2, 0.25) is 0 Å². The highest BCUT2D eigenvalue weighted by Gasteiger charge is 2.06. The first-order valence-electron chi connectivity index (χ1n) is 4.70. The van der Waals surface area contributed by atoms with E-state index in [2.05, 4.69) is 6.07 Å². The molecule has 15 heavy (non-hydrogen) atoms. The van der Waals surface area contributed by atoms with Crippen molar-refractivity contribution in [3.05, 3.63) is 23.8 Å². The molecule has 0 spiro atoms. The summed E-state index contributed by atoms with van der Waals surface area (Å²) < 4.78 is 0. The lowest BCUT2D eigenvalue weighted by molar-refractivity contribution is 0.250. The Labute approximate surface area is 93.9 Å². The summed E-state index contributed by atoms with van der Waals surface area (Å²) in [6.07, 6.45) is 0. The molecule has 0 heterocycles. The van der Waals surface area contributed by atoms with Gasteiger partial charge in [-0.1, -0.05) is 6.92 Å². The number of thioether (sulfide) groups is 1. The van der Waals surface area contributed by atoms with E-state index in [0.29, 0.717) is 11.3 Å². The number of nitrogens with two attached hydrogens (primary N) is 1. The summed E-state index contributed by atoms with van der Waals surface area (Å²) >= 11 is 1.57. The smallest absolute Gasteiger partial charge is 0.100 e. The molecule has 0 amide bonds. The molecule has 0 saturated carbocycles. The van der Waals surface area contributed by atoms with Crippen LogP contribution in [-0.2, 0) is 0 Å². The average molecular weight is 222 g/mol. The van der Waals surface area contributed by atoms with Crippen LogP contribution in [0.3, 0.4) is 0 Å². The van der Waals surface area contributed by atoms with Crippen LogP contribution in [0.15, 0.2) is 23.1 Å². The van der Waals surface area contributed by atoms with E-state index in [-0.39, 0.29) is 12.5 Å². The molecular weight excluding hydrogens is 208 g/mol. The molecule has 3 nitrogen and oxygen atoms in total. The van der Waals surface area contributed by atoms with Crippen molar-refractivity contribution in [2.45, 2.75) is 11.8 Å². The SMILES string of the molecule is CC(CO)CSc1ccc(N)cc1C#N. The molecule has 0 aromatic heterocycles. The Hall–Kier alpha value is -1.18. The number of hydrogen-bond acceptors (Lipinski definition) is 4. The van der Waals surface area contributed by atoms with Crippen molar-refractivity contribution < 1.29 is 5.11 Å². The van der Waals surface area contributed by atoms with Crippen molar-refractivity contribution in [3.63, 3.8) is 0 Å². The number of hydrogen-bond donors (Lipinski definition) is 2. The number of nitrogens with zero attached hydrogens (tertiary/aromatic N) is 1. The summed E-state index contributed by atoms with van der Waals surface area (Å²) in [6.45, 7) is 2.14. The van der Waals surface area contributed by atoms with Gasteiger partial charge in [0.25, 0.3) is 0 Å². The average Bonchev–Trinajstić information content (AvgIpc) is 2.26. The third-order valence-electron chi connectivity index (χ3n) is 1.96. The van der Waals surface area contributed by atoms with Crippen molar-refractivity contribution in [2.75, 3.05) is 18.1 Å². The predicted octanol–water partition coefficient (Wildman–Crippen LogP) is 1.86. The van der Waals surface area contributed by atoms with E-state index in [1.807, 2.05) is 13.0 Å². The van der Waals surface area contributed by atoms with Crippen molar-refractivity contribution in [3.8, 4) is 6.07 Å². The number of anilines is 1. The Morgan fingerprint density at radius 3 is 2.93 bits per heavy atom. The van der Waals surface area contributed by atoms with E-state index in [9.17, 15) is 0 Å². The van der Waals surface area contributed by atoms with Gasteiger partial charge in [-0.2, -0.15) is 5.26 Å². The van der Waals surface area contributed by atoms with E-state index in [0.717, 1.165) is 10.6 Å². The fourth-order valence-corrected chi connectivity index (χ4v) is 2.04. The van der Waals surface area contributed by atoms with Crippen LogP contribution in [0.25, 0.3) is 0 Å². The molecule has 1 aromatic carbocycles. The molecule has 0 saturated heterocycles. The highest BCUT2D eigenvalue weighted by Crippen LogP contribution is 2.25. The maximum absolute atomic E-state index is 8.90. The fraction of sp³-hybridized carbons (Fsp3) is 0.364. The maximum atomic E-state index is 8.90. The number of nitrogen functional groups attached to an aromatic ring is 1. The lowest BCUT2D eigenvalue weighted by atomic mass is 10.2. The lowest BCUT2D eigenvalue weighted by Gasteiger charge is -2.08. The largest absolute Gasteiger partial charge is 0.399 e. The van der Waals surface area contributed by atoms with Gasteiger partial charge in [0.05, 0.1) is 5.56 Å². The number of nitriles is 1. The van der Waals surface area contributed by atoms with Crippen molar-refractivity contribution in [2.24, 2.45) is 5.92 Å². The highest BCUT2D eigenvalue weighted by atomic mass is 32.2. The van der Waals surface area contributed by atoms with E-state index >= 15 is 0 Å². The van der Waals surface area contributed by atoms with Gasteiger partial charge in [-0.05, 0) is 24.1 Å². The molecule has 1 unspecified atom stereocenters. The summed E-state index contributed by atoms with van der Waals surface area (Å²) in [5, 5.41) is 17.8. The van der Waals surface area contributed by atoms with Gasteiger partial charge >= 0.3 is 0 Å². The third-order valence-corrected chi connectivity index (χ3v) is 3.36. The van der Waals surface area contributed by atoms with Crippen LogP contribution in [0.5, 0.6) is 0 Å². The minimum atomic E-state index is 0.170. The van der Waals surface area contributed by atoms with Gasteiger partial charge in [-0.3, -0.25) is 0 Å². The van der Waals surface area contributed by atoms with Gasteiger partial charge in [-0.25, -0.2) is 0 Å². The second-order valence-electron chi connectivity index (χ2n) is 3.47. The number of benzene rings is 1. The zero-order valence-corrected chi connectivity index (χ0v) is 9.42. The van der Waals surface area contributed by atoms with Gasteiger partial charge in [0.1, 0.15) is 6.07 Å². The second kappa shape index (κ2) is 5.64. The van der Waals surface area contributed by atoms with E-state index < -0.39 is 0 Å². The number of aliphatic hydroxyl groups is 1. The van der Waals surface area contributed by atoms with E-state index in [1.54, 1.807) is 23.9 Å². The normalized spacial score (nSPS) is 12.1. The Morgan fingerprint density at radius 1 is 1.60 bits per heavy atom. The summed E-state index contributed by atoms with van der Waals surface area (Å²) in [4.78, 5) is 0.923. The van der Waals surface area contributed by atoms with Crippen LogP contribution in [0, 0.1) is 17.2 Å². The van der Waals surface area contributed by atoms with E-state index in [4.69, 9.17) is 16.1 Å². The van der Waals surface area contributed by atoms with Crippen LogP contribution < -0.4 is 5.73 Å². The number of rotatable bonds is 4. The summed E-state index contributed by atoms with van der Waals surface area (Å²) in [7, 11) is 0. The zero-order valence-electron chi connectivity index (χ0n) is 8.60. The first-order valence-corrected chi connectivity index (χ1v) is 5.69. The summed E-state index contributed by atoms with van der Waals surface area (Å²) in [5.74, 6) is 1.04. The van der Waals surface area contributed by atoms with Crippen LogP contribution >= 0.6 is 11.8 Å². The first kappa shape index (κ1) is 11.9. The third kappa shape index (κ3) is 3.46. The minimum Gasteiger partial charge on any atom is -0.399 e. The molecule has 0 aliphatic rings. The Balaban J connectivity index is 2.73. The van der Waals surface area contributed by atoms with Crippen molar-refractivity contribution in [1.82, 2.24) is 0 Å². The van der Waals surface area contributed by atoms with Gasteiger partial charge < -0.3 is 10.8 Å². The van der Waals surface area contributed by atoms with Crippen LogP contribution in [-0.4, -0.2) is 17.5 Å². The molecule has 1 atom stereocenters. The van der Waals surface area contributed by atoms with Crippen molar-refractivity contribution >= 4 is 17.4 Å². The summed E-state index contributed by atoms with van der Waals surface area (Å²) in [6, 6.07) is 7.42. The Morgan fingerprint density at radius 2 is 2.33 bits per heavy atom. The molecule has 4 heteroatoms. The van der Waals surface area contributed by atoms with Crippen LogP contribution in [0.4, 0.5) is 5.69 Å². The van der Waals surface area contributed by atoms with Gasteiger partial charge in [-0.15, -0.1) is 11.8 Å². The summed E-state index contributed by atoms with van der Waals surface area (Å²) in [5.41, 5.74) is 6.79. The fourth-order valence-electron chi connectivity index (χ4n) is 1.05. The molecule has 0 fully saturated rings. The molecule has 1 aromatic rings. The first-order chi connectivity index (χ1) is 7.17. The Kier molecular flexibility index (Phi) is 4.47. The Bertz CT molecular complexity index is 373.